The number of phenols is 1. The van der Waals surface area contributed by atoms with Gasteiger partial charge in [0.25, 0.3) is 5.91 Å². The molecule has 1 saturated heterocycles. The van der Waals surface area contributed by atoms with Crippen LogP contribution in [-0.4, -0.2) is 40.1 Å². The fraction of sp³-hybridized carbons (Fsp3) is 0.467. The van der Waals surface area contributed by atoms with Crippen molar-refractivity contribution in [3.8, 4) is 5.75 Å². The number of nitrogens with zero attached hydrogens (tertiary/aromatic N) is 1. The molecule has 1 aliphatic rings. The molecule has 0 aromatic heterocycles. The lowest BCUT2D eigenvalue weighted by Crippen LogP contribution is -2.37. The number of amides is 1. The first-order valence-electron chi connectivity index (χ1n) is 6.91. The van der Waals surface area contributed by atoms with Crippen LogP contribution < -0.4 is 0 Å². The zero-order valence-electron chi connectivity index (χ0n) is 11.8. The minimum absolute atomic E-state index is 0.00547. The lowest BCUT2D eigenvalue weighted by molar-refractivity contribution is -0.148. The average Bonchev–Trinajstić information content (AvgIpc) is 2.84. The van der Waals surface area contributed by atoms with E-state index >= 15 is 0 Å². The Morgan fingerprint density at radius 3 is 2.71 bits per heavy atom. The summed E-state index contributed by atoms with van der Waals surface area (Å²) in [5.41, 5.74) is -0.922. The third-order valence-corrected chi connectivity index (χ3v) is 4.01. The molecule has 2 N–H and O–H groups in total. The SMILES string of the molecule is CCCC1(C(=O)O)CCN(C(=O)c2ccc(F)cc2O)C1. The highest BCUT2D eigenvalue weighted by molar-refractivity contribution is 5.97. The smallest absolute Gasteiger partial charge is 0.311 e. The predicted molar refractivity (Wildman–Crippen MR) is 73.6 cm³/mol. The van der Waals surface area contributed by atoms with E-state index in [1.807, 2.05) is 6.92 Å². The molecule has 1 atom stereocenters. The first kappa shape index (κ1) is 15.3. The van der Waals surface area contributed by atoms with E-state index < -0.39 is 28.9 Å². The van der Waals surface area contributed by atoms with Crippen LogP contribution in [0.4, 0.5) is 4.39 Å². The molecule has 1 aromatic rings. The maximum Gasteiger partial charge on any atom is 0.311 e. The zero-order chi connectivity index (χ0) is 15.6. The highest BCUT2D eigenvalue weighted by Crippen LogP contribution is 2.36. The molecular weight excluding hydrogens is 277 g/mol. The number of hydrogen-bond acceptors (Lipinski definition) is 3. The van der Waals surface area contributed by atoms with Gasteiger partial charge in [-0.25, -0.2) is 4.39 Å². The van der Waals surface area contributed by atoms with Crippen LogP contribution in [0.3, 0.4) is 0 Å². The van der Waals surface area contributed by atoms with Crippen molar-refractivity contribution in [2.75, 3.05) is 13.1 Å². The Hall–Kier alpha value is -2.11. The summed E-state index contributed by atoms with van der Waals surface area (Å²) in [5.74, 6) is -2.42. The topological polar surface area (TPSA) is 77.8 Å². The van der Waals surface area contributed by atoms with E-state index in [-0.39, 0.29) is 12.1 Å². The van der Waals surface area contributed by atoms with Gasteiger partial charge in [0.05, 0.1) is 11.0 Å². The summed E-state index contributed by atoms with van der Waals surface area (Å²) >= 11 is 0. The number of carboxylic acids is 1. The van der Waals surface area contributed by atoms with Gasteiger partial charge in [0, 0.05) is 19.2 Å². The highest BCUT2D eigenvalue weighted by atomic mass is 19.1. The van der Waals surface area contributed by atoms with Crippen molar-refractivity contribution in [2.24, 2.45) is 5.41 Å². The number of carboxylic acid groups (broad SMARTS) is 1. The second-order valence-electron chi connectivity index (χ2n) is 5.47. The van der Waals surface area contributed by atoms with E-state index in [2.05, 4.69) is 0 Å². The number of likely N-dealkylation sites (tertiary alicyclic amines) is 1. The zero-order valence-corrected chi connectivity index (χ0v) is 11.8. The number of hydrogen-bond donors (Lipinski definition) is 2. The Morgan fingerprint density at radius 2 is 2.14 bits per heavy atom. The minimum Gasteiger partial charge on any atom is -0.507 e. The molecule has 5 nitrogen and oxygen atoms in total. The maximum absolute atomic E-state index is 13.0. The Kier molecular flexibility index (Phi) is 4.16. The average molecular weight is 295 g/mol. The van der Waals surface area contributed by atoms with E-state index in [1.165, 1.54) is 11.0 Å². The van der Waals surface area contributed by atoms with Crippen molar-refractivity contribution in [1.82, 2.24) is 4.90 Å². The number of aromatic hydroxyl groups is 1. The number of carbonyl (C=O) groups is 2. The summed E-state index contributed by atoms with van der Waals surface area (Å²) in [5, 5.41) is 19.1. The van der Waals surface area contributed by atoms with Crippen LogP contribution in [0.25, 0.3) is 0 Å². The first-order chi connectivity index (χ1) is 9.89. The molecule has 1 amide bonds. The second-order valence-corrected chi connectivity index (χ2v) is 5.47. The van der Waals surface area contributed by atoms with Gasteiger partial charge in [-0.3, -0.25) is 9.59 Å². The molecule has 0 aliphatic carbocycles. The molecule has 6 heteroatoms. The lowest BCUT2D eigenvalue weighted by Gasteiger charge is -2.24. The second kappa shape index (κ2) is 5.71. The largest absolute Gasteiger partial charge is 0.507 e. The van der Waals surface area contributed by atoms with Crippen molar-refractivity contribution in [3.05, 3.63) is 29.6 Å². The third-order valence-electron chi connectivity index (χ3n) is 4.01. The normalized spacial score (nSPS) is 21.5. The van der Waals surface area contributed by atoms with Crippen molar-refractivity contribution in [3.63, 3.8) is 0 Å². The summed E-state index contributed by atoms with van der Waals surface area (Å²) in [6, 6.07) is 3.19. The molecule has 2 rings (SSSR count). The molecule has 0 saturated carbocycles. The Balaban J connectivity index is 2.20. The van der Waals surface area contributed by atoms with Crippen LogP contribution in [0.5, 0.6) is 5.75 Å². The summed E-state index contributed by atoms with van der Waals surface area (Å²) in [4.78, 5) is 25.3. The molecule has 1 aliphatic heterocycles. The van der Waals surface area contributed by atoms with Crippen LogP contribution in [0.2, 0.25) is 0 Å². The van der Waals surface area contributed by atoms with E-state index in [9.17, 15) is 24.2 Å². The number of rotatable bonds is 4. The summed E-state index contributed by atoms with van der Waals surface area (Å²) in [6.45, 7) is 2.34. The van der Waals surface area contributed by atoms with Gasteiger partial charge in [-0.1, -0.05) is 13.3 Å². The highest BCUT2D eigenvalue weighted by Gasteiger charge is 2.45. The van der Waals surface area contributed by atoms with Crippen LogP contribution in [-0.2, 0) is 4.79 Å². The molecule has 1 aromatic carbocycles. The quantitative estimate of drug-likeness (QED) is 0.893. The molecule has 21 heavy (non-hydrogen) atoms. The van der Waals surface area contributed by atoms with Gasteiger partial charge < -0.3 is 15.1 Å². The van der Waals surface area contributed by atoms with Gasteiger partial charge in [0.2, 0.25) is 0 Å². The summed E-state index contributed by atoms with van der Waals surface area (Å²) < 4.78 is 13.0. The van der Waals surface area contributed by atoms with E-state index in [1.54, 1.807) is 0 Å². The van der Waals surface area contributed by atoms with Crippen LogP contribution in [0, 0.1) is 11.2 Å². The van der Waals surface area contributed by atoms with Crippen LogP contribution >= 0.6 is 0 Å². The standard InChI is InChI=1S/C15H18FNO4/c1-2-5-15(14(20)21)6-7-17(9-15)13(19)11-4-3-10(16)8-12(11)18/h3-4,8,18H,2,5-7,9H2,1H3,(H,20,21). The molecule has 114 valence electrons. The number of phenolic OH excluding ortho intramolecular Hbond substituents is 1. The van der Waals surface area contributed by atoms with Gasteiger partial charge in [-0.15, -0.1) is 0 Å². The van der Waals surface area contributed by atoms with Crippen molar-refractivity contribution in [2.45, 2.75) is 26.2 Å². The van der Waals surface area contributed by atoms with Gasteiger partial charge in [0.15, 0.2) is 0 Å². The fourth-order valence-corrected chi connectivity index (χ4v) is 2.87. The molecular formula is C15H18FNO4. The van der Waals surface area contributed by atoms with Gasteiger partial charge in [-0.05, 0) is 25.0 Å². The third kappa shape index (κ3) is 2.84. The minimum atomic E-state index is -0.917. The summed E-state index contributed by atoms with van der Waals surface area (Å²) in [7, 11) is 0. The van der Waals surface area contributed by atoms with Gasteiger partial charge in [-0.2, -0.15) is 0 Å². The molecule has 1 heterocycles. The Bertz CT molecular complexity index is 575. The molecule has 0 spiro atoms. The van der Waals surface area contributed by atoms with Crippen molar-refractivity contribution >= 4 is 11.9 Å². The van der Waals surface area contributed by atoms with E-state index in [0.717, 1.165) is 18.6 Å². The molecule has 0 radical (unpaired) electrons. The lowest BCUT2D eigenvalue weighted by atomic mass is 9.83. The molecule has 1 unspecified atom stereocenters. The van der Waals surface area contributed by atoms with Gasteiger partial charge in [0.1, 0.15) is 11.6 Å². The number of halogens is 1. The molecule has 1 fully saturated rings. The van der Waals surface area contributed by atoms with Crippen molar-refractivity contribution in [1.29, 1.82) is 0 Å². The number of benzene rings is 1. The Labute approximate surface area is 122 Å². The fourth-order valence-electron chi connectivity index (χ4n) is 2.87. The van der Waals surface area contributed by atoms with Crippen molar-refractivity contribution < 1.29 is 24.2 Å². The Morgan fingerprint density at radius 1 is 1.43 bits per heavy atom. The van der Waals surface area contributed by atoms with Gasteiger partial charge >= 0.3 is 5.97 Å². The van der Waals surface area contributed by atoms with Crippen LogP contribution in [0.1, 0.15) is 36.5 Å². The first-order valence-corrected chi connectivity index (χ1v) is 6.91. The number of carbonyl (C=O) groups excluding carboxylic acids is 1. The van der Waals surface area contributed by atoms with Crippen LogP contribution in [0.15, 0.2) is 18.2 Å². The summed E-state index contributed by atoms with van der Waals surface area (Å²) in [6.07, 6.45) is 1.61. The predicted octanol–water partition coefficient (Wildman–Crippen LogP) is 2.25. The maximum atomic E-state index is 13.0. The monoisotopic (exact) mass is 295 g/mol. The van der Waals surface area contributed by atoms with E-state index in [4.69, 9.17) is 0 Å². The van der Waals surface area contributed by atoms with E-state index in [0.29, 0.717) is 19.4 Å². The molecule has 0 bridgehead atoms. The number of aliphatic carboxylic acids is 1.